The van der Waals surface area contributed by atoms with Crippen LogP contribution in [0.15, 0.2) is 42.5 Å². The maximum atomic E-state index is 13.1. The fraction of sp³-hybridized carbons (Fsp3) is 0.300. The summed E-state index contributed by atoms with van der Waals surface area (Å²) in [6.07, 6.45) is -4.60. The summed E-state index contributed by atoms with van der Waals surface area (Å²) in [4.78, 5) is 26.4. The van der Waals surface area contributed by atoms with Crippen LogP contribution in [0.1, 0.15) is 23.1 Å². The molecule has 1 fully saturated rings. The van der Waals surface area contributed by atoms with E-state index in [2.05, 4.69) is 5.32 Å². The van der Waals surface area contributed by atoms with Gasteiger partial charge in [-0.3, -0.25) is 9.59 Å². The van der Waals surface area contributed by atoms with E-state index in [1.54, 1.807) is 0 Å². The summed E-state index contributed by atoms with van der Waals surface area (Å²) in [5.41, 5.74) is 1.47. The predicted octanol–water partition coefficient (Wildman–Crippen LogP) is 4.31. The Morgan fingerprint density at radius 3 is 2.37 bits per heavy atom. The highest BCUT2D eigenvalue weighted by molar-refractivity contribution is 6.03. The summed E-state index contributed by atoms with van der Waals surface area (Å²) >= 11 is 0. The van der Waals surface area contributed by atoms with Crippen molar-refractivity contribution in [1.82, 2.24) is 0 Å². The quantitative estimate of drug-likeness (QED) is 0.868. The molecule has 1 N–H and O–H groups in total. The van der Waals surface area contributed by atoms with Crippen LogP contribution in [0, 0.1) is 19.8 Å². The zero-order valence-corrected chi connectivity index (χ0v) is 14.9. The van der Waals surface area contributed by atoms with Gasteiger partial charge in [-0.05, 0) is 49.2 Å². The van der Waals surface area contributed by atoms with Gasteiger partial charge in [0.25, 0.3) is 0 Å². The summed E-state index contributed by atoms with van der Waals surface area (Å²) in [5.74, 6) is -1.52. The van der Waals surface area contributed by atoms with E-state index in [-0.39, 0.29) is 24.6 Å². The van der Waals surface area contributed by atoms with Crippen molar-refractivity contribution in [2.24, 2.45) is 5.92 Å². The van der Waals surface area contributed by atoms with Crippen molar-refractivity contribution >= 4 is 23.2 Å². The van der Waals surface area contributed by atoms with Crippen LogP contribution in [0.2, 0.25) is 0 Å². The van der Waals surface area contributed by atoms with E-state index < -0.39 is 23.6 Å². The van der Waals surface area contributed by atoms with E-state index in [4.69, 9.17) is 0 Å². The first-order valence-corrected chi connectivity index (χ1v) is 8.51. The first-order chi connectivity index (χ1) is 12.6. The largest absolute Gasteiger partial charge is 0.418 e. The van der Waals surface area contributed by atoms with E-state index >= 15 is 0 Å². The molecule has 1 aliphatic rings. The third-order valence-electron chi connectivity index (χ3n) is 4.50. The van der Waals surface area contributed by atoms with Crippen molar-refractivity contribution in [3.8, 4) is 0 Å². The number of amides is 2. The van der Waals surface area contributed by atoms with E-state index in [0.29, 0.717) is 5.69 Å². The van der Waals surface area contributed by atoms with Crippen LogP contribution in [-0.4, -0.2) is 18.4 Å². The number of nitrogens with one attached hydrogen (secondary N) is 1. The maximum Gasteiger partial charge on any atom is 0.418 e. The lowest BCUT2D eigenvalue weighted by Crippen LogP contribution is -2.28. The number of benzene rings is 2. The average molecular weight is 376 g/mol. The van der Waals surface area contributed by atoms with E-state index in [9.17, 15) is 22.8 Å². The van der Waals surface area contributed by atoms with E-state index in [1.165, 1.54) is 23.1 Å². The lowest BCUT2D eigenvalue weighted by atomic mass is 10.1. The zero-order valence-electron chi connectivity index (χ0n) is 14.9. The van der Waals surface area contributed by atoms with Gasteiger partial charge in [-0.1, -0.05) is 18.2 Å². The molecule has 1 aliphatic heterocycles. The molecule has 2 aromatic carbocycles. The van der Waals surface area contributed by atoms with Gasteiger partial charge in [-0.25, -0.2) is 0 Å². The predicted molar refractivity (Wildman–Crippen MR) is 96.4 cm³/mol. The first-order valence-electron chi connectivity index (χ1n) is 8.51. The molecular weight excluding hydrogens is 357 g/mol. The summed E-state index contributed by atoms with van der Waals surface area (Å²) in [6.45, 7) is 3.96. The second-order valence-corrected chi connectivity index (χ2v) is 6.78. The smallest absolute Gasteiger partial charge is 0.325 e. The summed E-state index contributed by atoms with van der Waals surface area (Å²) < 4.78 is 39.3. The third-order valence-corrected chi connectivity index (χ3v) is 4.50. The molecule has 0 spiro atoms. The lowest BCUT2D eigenvalue weighted by Gasteiger charge is -2.18. The third kappa shape index (κ3) is 4.13. The Morgan fingerprint density at radius 2 is 1.74 bits per heavy atom. The van der Waals surface area contributed by atoms with Crippen LogP contribution < -0.4 is 10.2 Å². The van der Waals surface area contributed by atoms with Gasteiger partial charge in [-0.2, -0.15) is 13.2 Å². The molecule has 0 aromatic heterocycles. The van der Waals surface area contributed by atoms with Crippen molar-refractivity contribution in [3.05, 3.63) is 59.2 Å². The Morgan fingerprint density at radius 1 is 1.11 bits per heavy atom. The number of para-hydroxylation sites is 1. The molecule has 3 rings (SSSR count). The minimum atomic E-state index is -4.57. The molecule has 0 radical (unpaired) electrons. The average Bonchev–Trinajstić information content (AvgIpc) is 2.95. The van der Waals surface area contributed by atoms with Crippen LogP contribution in [0.25, 0.3) is 0 Å². The Kier molecular flexibility index (Phi) is 4.95. The highest BCUT2D eigenvalue weighted by Gasteiger charge is 2.37. The van der Waals surface area contributed by atoms with Gasteiger partial charge in [0, 0.05) is 18.7 Å². The SMILES string of the molecule is Cc1cc(C)cc(N2C[C@@H](C(=O)Nc3ccccc3C(F)(F)F)CC2=O)c1. The number of alkyl halides is 3. The van der Waals surface area contributed by atoms with Gasteiger partial charge in [0.2, 0.25) is 11.8 Å². The van der Waals surface area contributed by atoms with Crippen LogP contribution in [0.4, 0.5) is 24.5 Å². The molecule has 0 bridgehead atoms. The number of carbonyl (C=O) groups excluding carboxylic acids is 2. The molecule has 27 heavy (non-hydrogen) atoms. The molecule has 1 saturated heterocycles. The van der Waals surface area contributed by atoms with Gasteiger partial charge < -0.3 is 10.2 Å². The van der Waals surface area contributed by atoms with Gasteiger partial charge in [0.15, 0.2) is 0 Å². The normalized spacial score (nSPS) is 17.3. The molecular formula is C20H19F3N2O2. The number of anilines is 2. The molecule has 0 unspecified atom stereocenters. The van der Waals surface area contributed by atoms with Gasteiger partial charge >= 0.3 is 6.18 Å². The van der Waals surface area contributed by atoms with Gasteiger partial charge in [-0.15, -0.1) is 0 Å². The van der Waals surface area contributed by atoms with Crippen molar-refractivity contribution < 1.29 is 22.8 Å². The lowest BCUT2D eigenvalue weighted by molar-refractivity contribution is -0.137. The number of nitrogens with zero attached hydrogens (tertiary/aromatic N) is 1. The Bertz CT molecular complexity index is 873. The van der Waals surface area contributed by atoms with Crippen molar-refractivity contribution in [2.75, 3.05) is 16.8 Å². The highest BCUT2D eigenvalue weighted by Crippen LogP contribution is 2.35. The molecule has 7 heteroatoms. The van der Waals surface area contributed by atoms with Gasteiger partial charge in [0.05, 0.1) is 17.2 Å². The summed E-state index contributed by atoms with van der Waals surface area (Å²) in [7, 11) is 0. The van der Waals surface area contributed by atoms with Crippen LogP contribution in [0.5, 0.6) is 0 Å². The minimum absolute atomic E-state index is 0.0347. The number of halogens is 3. The molecule has 142 valence electrons. The van der Waals surface area contributed by atoms with Crippen molar-refractivity contribution in [2.45, 2.75) is 26.4 Å². The first kappa shape index (κ1) is 18.9. The topological polar surface area (TPSA) is 49.4 Å². The molecule has 2 aromatic rings. The molecule has 4 nitrogen and oxygen atoms in total. The van der Waals surface area contributed by atoms with Crippen LogP contribution in [-0.2, 0) is 15.8 Å². The van der Waals surface area contributed by atoms with Crippen LogP contribution >= 0.6 is 0 Å². The van der Waals surface area contributed by atoms with Crippen molar-refractivity contribution in [1.29, 1.82) is 0 Å². The molecule has 2 amide bonds. The fourth-order valence-corrected chi connectivity index (χ4v) is 3.31. The zero-order chi connectivity index (χ0) is 19.8. The molecule has 1 heterocycles. The summed E-state index contributed by atoms with van der Waals surface area (Å²) in [6, 6.07) is 10.5. The maximum absolute atomic E-state index is 13.1. The van der Waals surface area contributed by atoms with Crippen molar-refractivity contribution in [3.63, 3.8) is 0 Å². The molecule has 0 saturated carbocycles. The molecule has 1 atom stereocenters. The summed E-state index contributed by atoms with van der Waals surface area (Å²) in [5, 5.41) is 2.34. The van der Waals surface area contributed by atoms with Gasteiger partial charge in [0.1, 0.15) is 0 Å². The fourth-order valence-electron chi connectivity index (χ4n) is 3.31. The molecule has 0 aliphatic carbocycles. The number of aryl methyl sites for hydroxylation is 2. The highest BCUT2D eigenvalue weighted by atomic mass is 19.4. The Balaban J connectivity index is 1.77. The number of carbonyl (C=O) groups is 2. The Labute approximate surface area is 155 Å². The second-order valence-electron chi connectivity index (χ2n) is 6.78. The standard InChI is InChI=1S/C20H19F3N2O2/c1-12-7-13(2)9-15(8-12)25-11-14(10-18(25)26)19(27)24-17-6-4-3-5-16(17)20(21,22)23/h3-9,14H,10-11H2,1-2H3,(H,24,27)/t14-/m0/s1. The monoisotopic (exact) mass is 376 g/mol. The number of rotatable bonds is 3. The number of hydrogen-bond donors (Lipinski definition) is 1. The minimum Gasteiger partial charge on any atom is -0.325 e. The second kappa shape index (κ2) is 7.06. The van der Waals surface area contributed by atoms with Crippen LogP contribution in [0.3, 0.4) is 0 Å². The van der Waals surface area contributed by atoms with E-state index in [0.717, 1.165) is 17.2 Å². The number of hydrogen-bond acceptors (Lipinski definition) is 2. The van der Waals surface area contributed by atoms with E-state index in [1.807, 2.05) is 32.0 Å². The Hall–Kier alpha value is -2.83.